The smallest absolute Gasteiger partial charge is 0.335 e. The van der Waals surface area contributed by atoms with Crippen LogP contribution in [0.1, 0.15) is 38.5 Å². The Kier molecular flexibility index (Phi) is 2.28. The summed E-state index contributed by atoms with van der Waals surface area (Å²) in [7, 11) is 0. The fourth-order valence-corrected chi connectivity index (χ4v) is 2.28. The van der Waals surface area contributed by atoms with Gasteiger partial charge >= 0.3 is 5.97 Å². The van der Waals surface area contributed by atoms with Crippen molar-refractivity contribution >= 4 is 5.97 Å². The highest BCUT2D eigenvalue weighted by Crippen LogP contribution is 2.39. The molecule has 0 aromatic rings. The minimum Gasteiger partial charge on any atom is -0.479 e. The van der Waals surface area contributed by atoms with Gasteiger partial charge in [0.05, 0.1) is 0 Å². The van der Waals surface area contributed by atoms with Crippen LogP contribution in [0.2, 0.25) is 0 Å². The molecule has 1 heterocycles. The van der Waals surface area contributed by atoms with Crippen LogP contribution in [0.5, 0.6) is 0 Å². The molecule has 0 aromatic carbocycles. The number of hydrogen-bond donors (Lipinski definition) is 1. The van der Waals surface area contributed by atoms with E-state index in [4.69, 9.17) is 9.84 Å². The molecule has 74 valence electrons. The first-order valence-electron chi connectivity index (χ1n) is 5.10. The summed E-state index contributed by atoms with van der Waals surface area (Å²) in [4.78, 5) is 11.1. The van der Waals surface area contributed by atoms with Crippen LogP contribution >= 0.6 is 0 Å². The van der Waals surface area contributed by atoms with E-state index in [1.807, 2.05) is 0 Å². The molecule has 2 rings (SSSR count). The molecule has 1 saturated heterocycles. The van der Waals surface area contributed by atoms with Crippen molar-refractivity contribution in [2.45, 2.75) is 44.1 Å². The lowest BCUT2D eigenvalue weighted by Crippen LogP contribution is -2.40. The standard InChI is InChI=1S/C10H16O3/c11-9(12)10(5-2-6-13-10)7-8-3-1-4-8/h8H,1-7H2,(H,11,12). The summed E-state index contributed by atoms with van der Waals surface area (Å²) >= 11 is 0. The summed E-state index contributed by atoms with van der Waals surface area (Å²) < 4.78 is 5.41. The Balaban J connectivity index is 1.99. The molecule has 3 heteroatoms. The van der Waals surface area contributed by atoms with Crippen LogP contribution in [0.25, 0.3) is 0 Å². The van der Waals surface area contributed by atoms with Gasteiger partial charge in [0.15, 0.2) is 5.60 Å². The third-order valence-electron chi connectivity index (χ3n) is 3.34. The van der Waals surface area contributed by atoms with Crippen molar-refractivity contribution in [3.63, 3.8) is 0 Å². The van der Waals surface area contributed by atoms with E-state index in [2.05, 4.69) is 0 Å². The molecular formula is C10H16O3. The molecule has 2 fully saturated rings. The van der Waals surface area contributed by atoms with Crippen LogP contribution in [-0.2, 0) is 9.53 Å². The van der Waals surface area contributed by atoms with E-state index < -0.39 is 11.6 Å². The molecule has 0 radical (unpaired) electrons. The van der Waals surface area contributed by atoms with Crippen molar-refractivity contribution in [3.8, 4) is 0 Å². The SMILES string of the molecule is O=C(O)C1(CC2CCC2)CCCO1. The minimum absolute atomic E-state index is 0.606. The molecule has 0 bridgehead atoms. The zero-order valence-corrected chi connectivity index (χ0v) is 7.79. The summed E-state index contributed by atoms with van der Waals surface area (Å²) in [6.45, 7) is 0.624. The largest absolute Gasteiger partial charge is 0.479 e. The Labute approximate surface area is 78.1 Å². The summed E-state index contributed by atoms with van der Waals surface area (Å²) in [6.07, 6.45) is 6.00. The van der Waals surface area contributed by atoms with Crippen molar-refractivity contribution in [3.05, 3.63) is 0 Å². The molecule has 0 aromatic heterocycles. The number of aliphatic carboxylic acids is 1. The van der Waals surface area contributed by atoms with Crippen LogP contribution in [0.4, 0.5) is 0 Å². The van der Waals surface area contributed by atoms with E-state index in [0.717, 1.165) is 12.8 Å². The van der Waals surface area contributed by atoms with Crippen molar-refractivity contribution in [2.24, 2.45) is 5.92 Å². The van der Waals surface area contributed by atoms with Gasteiger partial charge in [-0.3, -0.25) is 0 Å². The Morgan fingerprint density at radius 1 is 1.46 bits per heavy atom. The first kappa shape index (κ1) is 9.00. The number of hydrogen-bond acceptors (Lipinski definition) is 2. The van der Waals surface area contributed by atoms with Crippen molar-refractivity contribution < 1.29 is 14.6 Å². The van der Waals surface area contributed by atoms with E-state index >= 15 is 0 Å². The van der Waals surface area contributed by atoms with Crippen molar-refractivity contribution in [1.82, 2.24) is 0 Å². The normalized spacial score (nSPS) is 34.5. The molecule has 1 aliphatic carbocycles. The predicted molar refractivity (Wildman–Crippen MR) is 47.5 cm³/mol. The minimum atomic E-state index is -0.814. The first-order chi connectivity index (χ1) is 6.23. The molecule has 1 N–H and O–H groups in total. The summed E-state index contributed by atoms with van der Waals surface area (Å²) in [6, 6.07) is 0. The Morgan fingerprint density at radius 2 is 2.23 bits per heavy atom. The third kappa shape index (κ3) is 1.57. The second kappa shape index (κ2) is 3.29. The van der Waals surface area contributed by atoms with Crippen LogP contribution in [0.15, 0.2) is 0 Å². The number of carbonyl (C=O) groups is 1. The monoisotopic (exact) mass is 184 g/mol. The van der Waals surface area contributed by atoms with Gasteiger partial charge in [-0.25, -0.2) is 4.79 Å². The molecule has 2 aliphatic rings. The maximum atomic E-state index is 11.1. The van der Waals surface area contributed by atoms with Crippen LogP contribution in [0, 0.1) is 5.92 Å². The van der Waals surface area contributed by atoms with E-state index in [0.29, 0.717) is 18.9 Å². The van der Waals surface area contributed by atoms with E-state index in [9.17, 15) is 4.79 Å². The van der Waals surface area contributed by atoms with Gasteiger partial charge in [0, 0.05) is 6.61 Å². The molecule has 1 unspecified atom stereocenters. The van der Waals surface area contributed by atoms with Crippen molar-refractivity contribution in [2.75, 3.05) is 6.61 Å². The summed E-state index contributed by atoms with van der Waals surface area (Å²) in [5.41, 5.74) is -0.814. The van der Waals surface area contributed by atoms with E-state index in [-0.39, 0.29) is 0 Å². The molecule has 0 spiro atoms. The lowest BCUT2D eigenvalue weighted by atomic mass is 9.76. The van der Waals surface area contributed by atoms with Gasteiger partial charge in [0.2, 0.25) is 0 Å². The van der Waals surface area contributed by atoms with Crippen LogP contribution < -0.4 is 0 Å². The lowest BCUT2D eigenvalue weighted by molar-refractivity contribution is -0.163. The first-order valence-corrected chi connectivity index (χ1v) is 5.10. The molecule has 1 saturated carbocycles. The van der Waals surface area contributed by atoms with Gasteiger partial charge in [-0.2, -0.15) is 0 Å². The molecule has 13 heavy (non-hydrogen) atoms. The zero-order chi connectivity index (χ0) is 9.31. The van der Waals surface area contributed by atoms with E-state index in [1.54, 1.807) is 0 Å². The molecule has 1 aliphatic heterocycles. The Morgan fingerprint density at radius 3 is 2.62 bits per heavy atom. The lowest BCUT2D eigenvalue weighted by Gasteiger charge is -2.33. The number of carboxylic acids is 1. The van der Waals surface area contributed by atoms with Gasteiger partial charge in [0.1, 0.15) is 0 Å². The van der Waals surface area contributed by atoms with Gasteiger partial charge in [-0.15, -0.1) is 0 Å². The highest BCUT2D eigenvalue weighted by atomic mass is 16.5. The maximum Gasteiger partial charge on any atom is 0.335 e. The van der Waals surface area contributed by atoms with E-state index in [1.165, 1.54) is 19.3 Å². The maximum absolute atomic E-state index is 11.1. The number of rotatable bonds is 3. The molecule has 1 atom stereocenters. The second-order valence-electron chi connectivity index (χ2n) is 4.25. The van der Waals surface area contributed by atoms with Gasteiger partial charge < -0.3 is 9.84 Å². The average Bonchev–Trinajstić information content (AvgIpc) is 2.46. The summed E-state index contributed by atoms with van der Waals surface area (Å²) in [5, 5.41) is 9.11. The molecule has 3 nitrogen and oxygen atoms in total. The topological polar surface area (TPSA) is 46.5 Å². The quantitative estimate of drug-likeness (QED) is 0.727. The van der Waals surface area contributed by atoms with Gasteiger partial charge in [-0.1, -0.05) is 19.3 Å². The fraction of sp³-hybridized carbons (Fsp3) is 0.900. The molecule has 0 amide bonds. The third-order valence-corrected chi connectivity index (χ3v) is 3.34. The zero-order valence-electron chi connectivity index (χ0n) is 7.79. The highest BCUT2D eigenvalue weighted by Gasteiger charge is 2.45. The Bertz CT molecular complexity index is 202. The molecular weight excluding hydrogens is 168 g/mol. The average molecular weight is 184 g/mol. The second-order valence-corrected chi connectivity index (χ2v) is 4.25. The van der Waals surface area contributed by atoms with Gasteiger partial charge in [0.25, 0.3) is 0 Å². The number of ether oxygens (including phenoxy) is 1. The van der Waals surface area contributed by atoms with Crippen LogP contribution in [0.3, 0.4) is 0 Å². The number of carboxylic acid groups (broad SMARTS) is 1. The van der Waals surface area contributed by atoms with Crippen molar-refractivity contribution in [1.29, 1.82) is 0 Å². The van der Waals surface area contributed by atoms with Crippen LogP contribution in [-0.4, -0.2) is 23.3 Å². The summed E-state index contributed by atoms with van der Waals surface area (Å²) in [5.74, 6) is -0.147. The van der Waals surface area contributed by atoms with Gasteiger partial charge in [-0.05, 0) is 25.2 Å². The highest BCUT2D eigenvalue weighted by molar-refractivity contribution is 5.77. The Hall–Kier alpha value is -0.570. The predicted octanol–water partition coefficient (Wildman–Crippen LogP) is 1.81. The fourth-order valence-electron chi connectivity index (χ4n) is 2.28.